The number of fused-ring (bicyclic) bond motifs is 1. The molecule has 1 saturated heterocycles. The fourth-order valence-electron chi connectivity index (χ4n) is 5.76. The summed E-state index contributed by atoms with van der Waals surface area (Å²) in [6.45, 7) is 1.68. The molecule has 2 aliphatic rings. The lowest BCUT2D eigenvalue weighted by molar-refractivity contribution is 0.0696. The minimum absolute atomic E-state index is 0.0515. The Morgan fingerprint density at radius 1 is 0.974 bits per heavy atom. The Bertz CT molecular complexity index is 1430. The van der Waals surface area contributed by atoms with E-state index >= 15 is 8.78 Å². The van der Waals surface area contributed by atoms with Gasteiger partial charge in [-0.05, 0) is 108 Å². The zero-order valence-electron chi connectivity index (χ0n) is 21.3. The first-order chi connectivity index (χ1) is 18.7. The molecule has 0 amide bonds. The van der Waals surface area contributed by atoms with Gasteiger partial charge in [-0.25, -0.2) is 13.6 Å². The van der Waals surface area contributed by atoms with Crippen molar-refractivity contribution in [3.05, 3.63) is 104 Å². The Morgan fingerprint density at radius 2 is 1.69 bits per heavy atom. The molecule has 3 aromatic rings. The Balaban J connectivity index is 1.59. The van der Waals surface area contributed by atoms with Crippen molar-refractivity contribution >= 4 is 40.3 Å². The molecular weight excluding hydrogens is 546 g/mol. The van der Waals surface area contributed by atoms with Crippen LogP contribution in [0.1, 0.15) is 57.4 Å². The van der Waals surface area contributed by atoms with Gasteiger partial charge in [-0.1, -0.05) is 35.3 Å². The maximum atomic E-state index is 15.5. The highest BCUT2D eigenvalue weighted by Crippen LogP contribution is 2.43. The number of aromatic carboxylic acids is 1. The zero-order chi connectivity index (χ0) is 27.7. The fraction of sp³-hybridized carbons (Fsp3) is 0.323. The molecule has 5 rings (SSSR count). The van der Waals surface area contributed by atoms with Crippen molar-refractivity contribution in [2.45, 2.75) is 32.1 Å². The number of aryl methyl sites for hydroxylation is 1. The molecule has 0 saturated carbocycles. The minimum Gasteiger partial charge on any atom is -0.478 e. The quantitative estimate of drug-likeness (QED) is 0.296. The normalized spacial score (nSPS) is 16.1. The second kappa shape index (κ2) is 11.7. The molecule has 204 valence electrons. The number of allylic oxidation sites excluding steroid dienone is 1. The fourth-order valence-corrected chi connectivity index (χ4v) is 6.28. The molecule has 1 fully saturated rings. The van der Waals surface area contributed by atoms with Crippen LogP contribution < -0.4 is 0 Å². The summed E-state index contributed by atoms with van der Waals surface area (Å²) < 4.78 is 43.5. The number of nitrogens with zero attached hydrogens (tertiary/aromatic N) is 1. The van der Waals surface area contributed by atoms with Gasteiger partial charge in [0.25, 0.3) is 0 Å². The lowest BCUT2D eigenvalue weighted by Crippen LogP contribution is -2.48. The van der Waals surface area contributed by atoms with Crippen LogP contribution in [0.25, 0.3) is 11.1 Å². The van der Waals surface area contributed by atoms with Crippen LogP contribution >= 0.6 is 23.2 Å². The smallest absolute Gasteiger partial charge is 0.335 e. The number of carboxylic acids is 1. The average molecular weight is 574 g/mol. The summed E-state index contributed by atoms with van der Waals surface area (Å²) in [5.41, 5.74) is 4.30. The summed E-state index contributed by atoms with van der Waals surface area (Å²) in [5.74, 6) is -2.15. The Labute approximate surface area is 235 Å². The van der Waals surface area contributed by atoms with Gasteiger partial charge in [0, 0.05) is 35.2 Å². The van der Waals surface area contributed by atoms with Crippen LogP contribution in [0.2, 0.25) is 10.0 Å². The number of likely N-dealkylation sites (tertiary alicyclic amines) is 1. The molecule has 3 aromatic carbocycles. The van der Waals surface area contributed by atoms with Crippen molar-refractivity contribution in [2.75, 3.05) is 26.3 Å². The highest BCUT2D eigenvalue weighted by Gasteiger charge is 2.29. The number of halogens is 5. The average Bonchev–Trinajstić information content (AvgIpc) is 3.05. The third-order valence-electron chi connectivity index (χ3n) is 7.62. The third-order valence-corrected chi connectivity index (χ3v) is 8.16. The van der Waals surface area contributed by atoms with Crippen LogP contribution in [0.15, 0.2) is 48.5 Å². The maximum Gasteiger partial charge on any atom is 0.335 e. The molecule has 1 heterocycles. The maximum absolute atomic E-state index is 15.5. The molecule has 0 spiro atoms. The van der Waals surface area contributed by atoms with Crippen LogP contribution in [-0.2, 0) is 12.8 Å². The number of carbonyl (C=O) groups is 1. The molecule has 0 bridgehead atoms. The predicted octanol–water partition coefficient (Wildman–Crippen LogP) is 8.10. The number of hydrogen-bond donors (Lipinski definition) is 1. The van der Waals surface area contributed by atoms with E-state index in [0.29, 0.717) is 66.5 Å². The van der Waals surface area contributed by atoms with Crippen molar-refractivity contribution in [3.8, 4) is 0 Å². The van der Waals surface area contributed by atoms with E-state index in [1.54, 1.807) is 24.3 Å². The number of hydrogen-bond acceptors (Lipinski definition) is 2. The molecule has 0 aromatic heterocycles. The van der Waals surface area contributed by atoms with Gasteiger partial charge in [0.2, 0.25) is 0 Å². The first kappa shape index (κ1) is 27.8. The van der Waals surface area contributed by atoms with Gasteiger partial charge >= 0.3 is 5.97 Å². The number of benzene rings is 3. The molecule has 0 unspecified atom stereocenters. The first-order valence-corrected chi connectivity index (χ1v) is 13.8. The van der Waals surface area contributed by atoms with Crippen molar-refractivity contribution < 1.29 is 23.1 Å². The Morgan fingerprint density at radius 3 is 2.36 bits per heavy atom. The van der Waals surface area contributed by atoms with Gasteiger partial charge in [0.05, 0.1) is 12.2 Å². The van der Waals surface area contributed by atoms with Gasteiger partial charge in [0.1, 0.15) is 11.6 Å². The minimum atomic E-state index is -1.03. The van der Waals surface area contributed by atoms with E-state index in [-0.39, 0.29) is 30.1 Å². The van der Waals surface area contributed by atoms with Crippen LogP contribution in [-0.4, -0.2) is 42.3 Å². The van der Waals surface area contributed by atoms with Crippen molar-refractivity contribution in [1.29, 1.82) is 0 Å². The number of rotatable bonds is 8. The van der Waals surface area contributed by atoms with Crippen LogP contribution in [0.3, 0.4) is 0 Å². The second-order valence-electron chi connectivity index (χ2n) is 10.3. The van der Waals surface area contributed by atoms with Crippen molar-refractivity contribution in [3.63, 3.8) is 0 Å². The van der Waals surface area contributed by atoms with Gasteiger partial charge in [-0.3, -0.25) is 4.39 Å². The monoisotopic (exact) mass is 573 g/mol. The van der Waals surface area contributed by atoms with Gasteiger partial charge in [-0.2, -0.15) is 0 Å². The van der Waals surface area contributed by atoms with Crippen molar-refractivity contribution in [1.82, 2.24) is 4.90 Å². The van der Waals surface area contributed by atoms with E-state index in [1.807, 2.05) is 6.07 Å². The van der Waals surface area contributed by atoms with E-state index in [4.69, 9.17) is 23.2 Å². The summed E-state index contributed by atoms with van der Waals surface area (Å²) in [6, 6.07) is 12.8. The van der Waals surface area contributed by atoms with E-state index in [2.05, 4.69) is 4.90 Å². The van der Waals surface area contributed by atoms with Gasteiger partial charge in [-0.15, -0.1) is 0 Å². The molecule has 1 N–H and O–H groups in total. The van der Waals surface area contributed by atoms with Crippen LogP contribution in [0, 0.1) is 17.6 Å². The lowest BCUT2D eigenvalue weighted by atomic mass is 9.85. The third kappa shape index (κ3) is 5.88. The molecule has 1 aliphatic carbocycles. The van der Waals surface area contributed by atoms with Crippen LogP contribution in [0.4, 0.5) is 13.2 Å². The van der Waals surface area contributed by atoms with E-state index in [1.165, 1.54) is 18.2 Å². The molecule has 39 heavy (non-hydrogen) atoms. The summed E-state index contributed by atoms with van der Waals surface area (Å²) in [4.78, 5) is 13.7. The topological polar surface area (TPSA) is 40.5 Å². The summed E-state index contributed by atoms with van der Waals surface area (Å²) in [6.07, 6.45) is 2.64. The molecule has 3 nitrogen and oxygen atoms in total. The first-order valence-electron chi connectivity index (χ1n) is 13.1. The Hall–Kier alpha value is -2.80. The van der Waals surface area contributed by atoms with E-state index in [9.17, 15) is 14.3 Å². The largest absolute Gasteiger partial charge is 0.478 e. The molecule has 1 aliphatic heterocycles. The summed E-state index contributed by atoms with van der Waals surface area (Å²) >= 11 is 12.8. The van der Waals surface area contributed by atoms with Gasteiger partial charge in [0.15, 0.2) is 0 Å². The summed E-state index contributed by atoms with van der Waals surface area (Å²) in [5, 5.41) is 10.4. The van der Waals surface area contributed by atoms with Crippen molar-refractivity contribution in [2.24, 2.45) is 5.92 Å². The molecule has 8 heteroatoms. The lowest BCUT2D eigenvalue weighted by Gasteiger charge is -2.39. The highest BCUT2D eigenvalue weighted by molar-refractivity contribution is 6.36. The highest BCUT2D eigenvalue weighted by atomic mass is 35.5. The van der Waals surface area contributed by atoms with Crippen LogP contribution in [0.5, 0.6) is 0 Å². The number of alkyl halides is 1. The molecule has 0 atom stereocenters. The zero-order valence-corrected chi connectivity index (χ0v) is 22.8. The predicted molar refractivity (Wildman–Crippen MR) is 149 cm³/mol. The second-order valence-corrected chi connectivity index (χ2v) is 11.1. The van der Waals surface area contributed by atoms with E-state index < -0.39 is 17.6 Å². The van der Waals surface area contributed by atoms with Gasteiger partial charge < -0.3 is 10.0 Å². The standard InChI is InChI=1S/C31H28Cl2F3NO2/c32-22-6-8-24(27(33)15-22)25-4-1-3-19-12-20(31(38)39)5-7-23(19)30(25)21-13-28(35)26(29(36)14-21)11-18-16-37(17-18)10-2-9-34/h5-8,12-15,18H,1-4,9-11,16-17H2,(H,38,39). The molecule has 0 radical (unpaired) electrons. The summed E-state index contributed by atoms with van der Waals surface area (Å²) in [7, 11) is 0. The molecular formula is C31H28Cl2F3NO2. The van der Waals surface area contributed by atoms with E-state index in [0.717, 1.165) is 22.3 Å². The SMILES string of the molecule is O=C(O)c1ccc2c(c1)CCCC(c1ccc(Cl)cc1Cl)=C2c1cc(F)c(CC2CN(CCCF)C2)c(F)c1. The number of carboxylic acid groups (broad SMARTS) is 1. The Kier molecular flexibility index (Phi) is 8.36.